The molecular weight excluding hydrogens is 340 g/mol. The van der Waals surface area contributed by atoms with Gasteiger partial charge in [0.15, 0.2) is 0 Å². The molecule has 0 spiro atoms. The van der Waals surface area contributed by atoms with Crippen molar-refractivity contribution in [3.05, 3.63) is 76.4 Å². The molecule has 4 heterocycles. The Morgan fingerprint density at radius 3 is 2.89 bits per heavy atom. The second-order valence-electron chi connectivity index (χ2n) is 6.79. The zero-order valence-electron chi connectivity index (χ0n) is 14.6. The van der Waals surface area contributed by atoms with Gasteiger partial charge in [-0.25, -0.2) is 15.0 Å². The lowest BCUT2D eigenvalue weighted by Gasteiger charge is -2.27. The van der Waals surface area contributed by atoms with Crippen LogP contribution in [0.1, 0.15) is 16.8 Å². The van der Waals surface area contributed by atoms with E-state index in [-0.39, 0.29) is 5.56 Å². The number of benzene rings is 1. The maximum absolute atomic E-state index is 12.6. The summed E-state index contributed by atoms with van der Waals surface area (Å²) in [5.74, 6) is 0.532. The summed E-state index contributed by atoms with van der Waals surface area (Å²) in [5, 5.41) is 1.23. The average molecular weight is 358 g/mol. The zero-order valence-corrected chi connectivity index (χ0v) is 14.6. The molecule has 0 saturated heterocycles. The van der Waals surface area contributed by atoms with Crippen LogP contribution in [0.15, 0.2) is 54.0 Å². The first-order valence-corrected chi connectivity index (χ1v) is 8.93. The van der Waals surface area contributed by atoms with Crippen molar-refractivity contribution in [2.75, 3.05) is 6.54 Å². The predicted molar refractivity (Wildman–Crippen MR) is 102 cm³/mol. The Balaban J connectivity index is 1.42. The van der Waals surface area contributed by atoms with E-state index in [1.807, 2.05) is 6.07 Å². The lowest BCUT2D eigenvalue weighted by atomic mass is 10.1. The van der Waals surface area contributed by atoms with E-state index < -0.39 is 0 Å². The highest BCUT2D eigenvalue weighted by atomic mass is 16.1. The largest absolute Gasteiger partial charge is 0.361 e. The van der Waals surface area contributed by atoms with Gasteiger partial charge in [0, 0.05) is 55.5 Å². The summed E-state index contributed by atoms with van der Waals surface area (Å²) in [7, 11) is 0. The normalized spacial score (nSPS) is 14.4. The Morgan fingerprint density at radius 2 is 2.00 bits per heavy atom. The highest BCUT2D eigenvalue weighted by Gasteiger charge is 2.22. The number of nitrogens with zero attached hydrogens (tertiary/aromatic N) is 4. The van der Waals surface area contributed by atoms with E-state index in [4.69, 9.17) is 0 Å². The molecule has 3 aromatic heterocycles. The molecule has 0 bridgehead atoms. The second-order valence-corrected chi connectivity index (χ2v) is 6.79. The summed E-state index contributed by atoms with van der Waals surface area (Å²) >= 11 is 0. The third-order valence-corrected chi connectivity index (χ3v) is 5.05. The third kappa shape index (κ3) is 2.92. The number of fused-ring (bicyclic) bond motifs is 2. The summed E-state index contributed by atoms with van der Waals surface area (Å²) in [6.07, 6.45) is 7.58. The maximum atomic E-state index is 12.6. The Kier molecular flexibility index (Phi) is 3.79. The molecular formula is C20H18N6O. The molecule has 0 amide bonds. The van der Waals surface area contributed by atoms with Gasteiger partial charge in [-0.05, 0) is 11.6 Å². The van der Waals surface area contributed by atoms with Crippen LogP contribution in [0, 0.1) is 0 Å². The monoisotopic (exact) mass is 358 g/mol. The molecule has 0 aliphatic carbocycles. The molecule has 1 aliphatic rings. The highest BCUT2D eigenvalue weighted by Crippen LogP contribution is 2.23. The van der Waals surface area contributed by atoms with Crippen LogP contribution in [0.2, 0.25) is 0 Å². The van der Waals surface area contributed by atoms with Crippen LogP contribution in [-0.4, -0.2) is 36.4 Å². The van der Waals surface area contributed by atoms with E-state index in [9.17, 15) is 4.79 Å². The lowest BCUT2D eigenvalue weighted by molar-refractivity contribution is 0.242. The van der Waals surface area contributed by atoms with Crippen LogP contribution >= 0.6 is 0 Å². The molecule has 0 fully saturated rings. The van der Waals surface area contributed by atoms with Crippen molar-refractivity contribution < 1.29 is 0 Å². The molecule has 0 radical (unpaired) electrons. The van der Waals surface area contributed by atoms with Gasteiger partial charge in [-0.1, -0.05) is 18.2 Å². The van der Waals surface area contributed by atoms with E-state index in [1.54, 1.807) is 12.4 Å². The van der Waals surface area contributed by atoms with Crippen molar-refractivity contribution in [1.82, 2.24) is 29.8 Å². The number of aromatic nitrogens is 5. The highest BCUT2D eigenvalue weighted by molar-refractivity contribution is 5.82. The molecule has 5 rings (SSSR count). The summed E-state index contributed by atoms with van der Waals surface area (Å²) in [5.41, 5.74) is 4.64. The number of rotatable bonds is 3. The van der Waals surface area contributed by atoms with E-state index >= 15 is 0 Å². The third-order valence-electron chi connectivity index (χ3n) is 5.05. The van der Waals surface area contributed by atoms with Gasteiger partial charge in [-0.3, -0.25) is 9.69 Å². The van der Waals surface area contributed by atoms with Gasteiger partial charge in [0.1, 0.15) is 12.2 Å². The van der Waals surface area contributed by atoms with E-state index in [2.05, 4.69) is 54.2 Å². The molecule has 4 aromatic rings. The number of aromatic amines is 2. The minimum atomic E-state index is -0.0810. The van der Waals surface area contributed by atoms with Gasteiger partial charge in [0.25, 0.3) is 5.56 Å². The molecule has 0 saturated carbocycles. The first-order valence-electron chi connectivity index (χ1n) is 8.93. The Hall–Kier alpha value is -3.32. The number of hydrogen-bond donors (Lipinski definition) is 2. The quantitative estimate of drug-likeness (QED) is 0.586. The van der Waals surface area contributed by atoms with Crippen LogP contribution < -0.4 is 5.56 Å². The van der Waals surface area contributed by atoms with Gasteiger partial charge >= 0.3 is 0 Å². The minimum Gasteiger partial charge on any atom is -0.361 e. The summed E-state index contributed by atoms with van der Waals surface area (Å²) in [6, 6.07) is 8.28. The van der Waals surface area contributed by atoms with Crippen molar-refractivity contribution in [3.63, 3.8) is 0 Å². The standard InChI is InChI=1S/C20H18N6O/c27-20-16-11-26(10-14-9-23-17-4-2-1-3-15(14)17)6-5-18(16)24-19(25-20)13-7-21-12-22-8-13/h1-4,7-9,12,23H,5-6,10-11H2,(H,24,25,27). The van der Waals surface area contributed by atoms with Crippen molar-refractivity contribution in [2.24, 2.45) is 0 Å². The van der Waals surface area contributed by atoms with E-state index in [0.717, 1.165) is 41.8 Å². The number of nitrogens with one attached hydrogen (secondary N) is 2. The lowest BCUT2D eigenvalue weighted by Crippen LogP contribution is -2.35. The van der Waals surface area contributed by atoms with Gasteiger partial charge in [-0.15, -0.1) is 0 Å². The van der Waals surface area contributed by atoms with Crippen LogP contribution in [0.5, 0.6) is 0 Å². The van der Waals surface area contributed by atoms with Crippen molar-refractivity contribution >= 4 is 10.9 Å². The Bertz CT molecular complexity index is 1160. The number of para-hydroxylation sites is 1. The smallest absolute Gasteiger partial charge is 0.255 e. The predicted octanol–water partition coefficient (Wildman–Crippen LogP) is 2.27. The Labute approximate surface area is 155 Å². The Morgan fingerprint density at radius 1 is 1.15 bits per heavy atom. The second kappa shape index (κ2) is 6.44. The molecule has 0 atom stereocenters. The molecule has 1 aromatic carbocycles. The van der Waals surface area contributed by atoms with Crippen LogP contribution in [0.25, 0.3) is 22.3 Å². The molecule has 0 unspecified atom stereocenters. The van der Waals surface area contributed by atoms with Gasteiger partial charge < -0.3 is 9.97 Å². The SMILES string of the molecule is O=c1[nH]c(-c2cncnc2)nc2c1CN(Cc1c[nH]c3ccccc13)CC2. The van der Waals surface area contributed by atoms with Crippen molar-refractivity contribution in [1.29, 1.82) is 0 Å². The summed E-state index contributed by atoms with van der Waals surface area (Å²) < 4.78 is 0. The van der Waals surface area contributed by atoms with Crippen molar-refractivity contribution in [2.45, 2.75) is 19.5 Å². The average Bonchev–Trinajstić information content (AvgIpc) is 3.12. The first-order chi connectivity index (χ1) is 13.3. The molecule has 7 nitrogen and oxygen atoms in total. The fraction of sp³-hybridized carbons (Fsp3) is 0.200. The molecule has 134 valence electrons. The van der Waals surface area contributed by atoms with Crippen LogP contribution in [0.3, 0.4) is 0 Å². The minimum absolute atomic E-state index is 0.0810. The van der Waals surface area contributed by atoms with Gasteiger partial charge in [0.05, 0.1) is 16.8 Å². The summed E-state index contributed by atoms with van der Waals surface area (Å²) in [4.78, 5) is 33.8. The van der Waals surface area contributed by atoms with Gasteiger partial charge in [0.2, 0.25) is 0 Å². The van der Waals surface area contributed by atoms with Crippen LogP contribution in [-0.2, 0) is 19.5 Å². The molecule has 1 aliphatic heterocycles. The molecule has 27 heavy (non-hydrogen) atoms. The zero-order chi connectivity index (χ0) is 18.2. The molecule has 7 heteroatoms. The number of hydrogen-bond acceptors (Lipinski definition) is 5. The molecule has 2 N–H and O–H groups in total. The topological polar surface area (TPSA) is 90.6 Å². The first kappa shape index (κ1) is 15.9. The maximum Gasteiger partial charge on any atom is 0.255 e. The van der Waals surface area contributed by atoms with E-state index in [0.29, 0.717) is 12.4 Å². The summed E-state index contributed by atoms with van der Waals surface area (Å²) in [6.45, 7) is 2.27. The fourth-order valence-electron chi connectivity index (χ4n) is 3.68. The van der Waals surface area contributed by atoms with Crippen molar-refractivity contribution in [3.8, 4) is 11.4 Å². The number of H-pyrrole nitrogens is 2. The van der Waals surface area contributed by atoms with Gasteiger partial charge in [-0.2, -0.15) is 0 Å². The van der Waals surface area contributed by atoms with E-state index in [1.165, 1.54) is 17.3 Å². The van der Waals surface area contributed by atoms with Crippen LogP contribution in [0.4, 0.5) is 0 Å². The fourth-order valence-corrected chi connectivity index (χ4v) is 3.68.